The largest absolute Gasteiger partial charge is 0.496 e. The smallest absolute Gasteiger partial charge is 0.167 e. The van der Waals surface area contributed by atoms with E-state index in [0.29, 0.717) is 29.6 Å². The molecule has 0 amide bonds. The lowest BCUT2D eigenvalue weighted by Gasteiger charge is -2.22. The normalized spacial score (nSPS) is 16.1. The molecule has 0 N–H and O–H groups in total. The van der Waals surface area contributed by atoms with Gasteiger partial charge in [-0.05, 0) is 37.8 Å². The molecule has 0 atom stereocenters. The zero-order valence-electron chi connectivity index (χ0n) is 11.5. The van der Waals surface area contributed by atoms with E-state index in [4.69, 9.17) is 14.2 Å². The summed E-state index contributed by atoms with van der Waals surface area (Å²) in [5.41, 5.74) is 0.525. The second-order valence-corrected chi connectivity index (χ2v) is 4.76. The third-order valence-electron chi connectivity index (χ3n) is 3.38. The molecular formula is C15H20O4. The summed E-state index contributed by atoms with van der Waals surface area (Å²) in [6.07, 6.45) is 2.03. The maximum atomic E-state index is 11.7. The van der Waals surface area contributed by atoms with Gasteiger partial charge in [-0.3, -0.25) is 4.79 Å². The van der Waals surface area contributed by atoms with E-state index >= 15 is 0 Å². The average molecular weight is 264 g/mol. The number of Topliss-reactive ketones (excluding diaryl/α,β-unsaturated/α-hetero) is 1. The van der Waals surface area contributed by atoms with Gasteiger partial charge >= 0.3 is 0 Å². The van der Waals surface area contributed by atoms with Gasteiger partial charge in [0.2, 0.25) is 0 Å². The van der Waals surface area contributed by atoms with Crippen molar-refractivity contribution in [2.24, 2.45) is 5.92 Å². The topological polar surface area (TPSA) is 44.8 Å². The van der Waals surface area contributed by atoms with Crippen molar-refractivity contribution in [3.8, 4) is 11.5 Å². The first-order chi connectivity index (χ1) is 9.22. The van der Waals surface area contributed by atoms with Gasteiger partial charge in [0.15, 0.2) is 5.78 Å². The van der Waals surface area contributed by atoms with Crippen LogP contribution >= 0.6 is 0 Å². The molecule has 0 aromatic heterocycles. The number of ketones is 1. The SMILES string of the molecule is COc1cccc(OCC2CCOCC2)c1C(C)=O. The van der Waals surface area contributed by atoms with Crippen LogP contribution in [0.3, 0.4) is 0 Å². The molecule has 0 bridgehead atoms. The number of benzene rings is 1. The predicted molar refractivity (Wildman–Crippen MR) is 72.0 cm³/mol. The van der Waals surface area contributed by atoms with Gasteiger partial charge in [-0.25, -0.2) is 0 Å². The molecule has 1 aromatic rings. The lowest BCUT2D eigenvalue weighted by atomic mass is 10.0. The van der Waals surface area contributed by atoms with E-state index in [1.807, 2.05) is 12.1 Å². The Bertz CT molecular complexity index is 436. The van der Waals surface area contributed by atoms with Crippen molar-refractivity contribution >= 4 is 5.78 Å². The van der Waals surface area contributed by atoms with Gasteiger partial charge in [0.25, 0.3) is 0 Å². The number of carbonyl (C=O) groups is 1. The van der Waals surface area contributed by atoms with Crippen LogP contribution in [0.5, 0.6) is 11.5 Å². The molecule has 0 saturated carbocycles. The fourth-order valence-electron chi connectivity index (χ4n) is 2.27. The Balaban J connectivity index is 2.08. The predicted octanol–water partition coefficient (Wildman–Crippen LogP) is 2.70. The fourth-order valence-corrected chi connectivity index (χ4v) is 2.27. The van der Waals surface area contributed by atoms with Crippen LogP contribution in [0.1, 0.15) is 30.1 Å². The molecule has 2 rings (SSSR count). The highest BCUT2D eigenvalue weighted by Crippen LogP contribution is 2.29. The van der Waals surface area contributed by atoms with Crippen molar-refractivity contribution < 1.29 is 19.0 Å². The van der Waals surface area contributed by atoms with Crippen molar-refractivity contribution in [1.29, 1.82) is 0 Å². The number of hydrogen-bond donors (Lipinski definition) is 0. The molecule has 4 nitrogen and oxygen atoms in total. The number of rotatable bonds is 5. The third-order valence-corrected chi connectivity index (χ3v) is 3.38. The quantitative estimate of drug-likeness (QED) is 0.767. The van der Waals surface area contributed by atoms with E-state index < -0.39 is 0 Å². The Morgan fingerprint density at radius 1 is 1.32 bits per heavy atom. The molecular weight excluding hydrogens is 244 g/mol. The van der Waals surface area contributed by atoms with E-state index in [1.165, 1.54) is 6.92 Å². The minimum atomic E-state index is -0.0422. The van der Waals surface area contributed by atoms with Gasteiger partial charge in [0, 0.05) is 13.2 Å². The van der Waals surface area contributed by atoms with E-state index in [1.54, 1.807) is 13.2 Å². The fraction of sp³-hybridized carbons (Fsp3) is 0.533. The first-order valence-electron chi connectivity index (χ1n) is 6.61. The zero-order valence-corrected chi connectivity index (χ0v) is 11.5. The molecule has 104 valence electrons. The highest BCUT2D eigenvalue weighted by Gasteiger charge is 2.18. The molecule has 0 unspecified atom stereocenters. The van der Waals surface area contributed by atoms with Crippen LogP contribution in [0.2, 0.25) is 0 Å². The van der Waals surface area contributed by atoms with E-state index in [9.17, 15) is 4.79 Å². The van der Waals surface area contributed by atoms with Gasteiger partial charge < -0.3 is 14.2 Å². The van der Waals surface area contributed by atoms with Crippen LogP contribution in [-0.2, 0) is 4.74 Å². The molecule has 4 heteroatoms. The molecule has 1 fully saturated rings. The molecule has 1 heterocycles. The van der Waals surface area contributed by atoms with E-state index in [0.717, 1.165) is 26.1 Å². The van der Waals surface area contributed by atoms with Crippen LogP contribution in [-0.4, -0.2) is 32.7 Å². The molecule has 1 saturated heterocycles. The maximum absolute atomic E-state index is 11.7. The Morgan fingerprint density at radius 2 is 2.00 bits per heavy atom. The van der Waals surface area contributed by atoms with Crippen LogP contribution in [0.15, 0.2) is 18.2 Å². The van der Waals surface area contributed by atoms with E-state index in [-0.39, 0.29) is 5.78 Å². The average Bonchev–Trinajstić information content (AvgIpc) is 2.45. The van der Waals surface area contributed by atoms with Crippen molar-refractivity contribution in [3.63, 3.8) is 0 Å². The van der Waals surface area contributed by atoms with Crippen molar-refractivity contribution in [3.05, 3.63) is 23.8 Å². The highest BCUT2D eigenvalue weighted by molar-refractivity contribution is 5.99. The second kappa shape index (κ2) is 6.57. The highest BCUT2D eigenvalue weighted by atomic mass is 16.5. The summed E-state index contributed by atoms with van der Waals surface area (Å²) in [4.78, 5) is 11.7. The van der Waals surface area contributed by atoms with Crippen molar-refractivity contribution in [2.75, 3.05) is 26.9 Å². The monoisotopic (exact) mass is 264 g/mol. The number of ether oxygens (including phenoxy) is 3. The molecule has 1 aliphatic heterocycles. The van der Waals surface area contributed by atoms with Gasteiger partial charge in [0.1, 0.15) is 17.1 Å². The third kappa shape index (κ3) is 3.47. The zero-order chi connectivity index (χ0) is 13.7. The number of methoxy groups -OCH3 is 1. The molecule has 0 spiro atoms. The Labute approximate surface area is 113 Å². The minimum absolute atomic E-state index is 0.0422. The Morgan fingerprint density at radius 3 is 2.63 bits per heavy atom. The summed E-state index contributed by atoms with van der Waals surface area (Å²) < 4.78 is 16.4. The summed E-state index contributed by atoms with van der Waals surface area (Å²) in [7, 11) is 1.56. The molecule has 0 radical (unpaired) electrons. The standard InChI is InChI=1S/C15H20O4/c1-11(16)15-13(17-2)4-3-5-14(15)19-10-12-6-8-18-9-7-12/h3-5,12H,6-10H2,1-2H3. The van der Waals surface area contributed by atoms with Gasteiger partial charge in [-0.1, -0.05) is 6.07 Å². The molecule has 0 aliphatic carbocycles. The van der Waals surface area contributed by atoms with E-state index in [2.05, 4.69) is 0 Å². The lowest BCUT2D eigenvalue weighted by molar-refractivity contribution is 0.0495. The molecule has 1 aliphatic rings. The Kier molecular flexibility index (Phi) is 4.80. The number of hydrogen-bond acceptors (Lipinski definition) is 4. The molecule has 19 heavy (non-hydrogen) atoms. The lowest BCUT2D eigenvalue weighted by Crippen LogP contribution is -2.22. The van der Waals surface area contributed by atoms with Gasteiger partial charge in [-0.15, -0.1) is 0 Å². The minimum Gasteiger partial charge on any atom is -0.496 e. The molecule has 1 aromatic carbocycles. The first-order valence-corrected chi connectivity index (χ1v) is 6.61. The summed E-state index contributed by atoms with van der Waals surface area (Å²) in [6.45, 7) is 3.74. The first kappa shape index (κ1) is 13.9. The van der Waals surface area contributed by atoms with Crippen molar-refractivity contribution in [1.82, 2.24) is 0 Å². The van der Waals surface area contributed by atoms with Gasteiger partial charge in [-0.2, -0.15) is 0 Å². The second-order valence-electron chi connectivity index (χ2n) is 4.76. The summed E-state index contributed by atoms with van der Waals surface area (Å²) in [5, 5.41) is 0. The van der Waals surface area contributed by atoms with Crippen molar-refractivity contribution in [2.45, 2.75) is 19.8 Å². The summed E-state index contributed by atoms with van der Waals surface area (Å²) in [6, 6.07) is 5.43. The summed E-state index contributed by atoms with van der Waals surface area (Å²) in [5.74, 6) is 1.63. The number of carbonyl (C=O) groups excluding carboxylic acids is 1. The van der Waals surface area contributed by atoms with Crippen LogP contribution in [0, 0.1) is 5.92 Å². The van der Waals surface area contributed by atoms with Crippen LogP contribution in [0.25, 0.3) is 0 Å². The summed E-state index contributed by atoms with van der Waals surface area (Å²) >= 11 is 0. The Hall–Kier alpha value is -1.55. The van der Waals surface area contributed by atoms with Crippen LogP contribution in [0.4, 0.5) is 0 Å². The van der Waals surface area contributed by atoms with Crippen LogP contribution < -0.4 is 9.47 Å². The maximum Gasteiger partial charge on any atom is 0.167 e. The van der Waals surface area contributed by atoms with Gasteiger partial charge in [0.05, 0.1) is 13.7 Å².